The number of benzene rings is 2. The minimum absolute atomic E-state index is 0.0391. The third kappa shape index (κ3) is 5.61. The van der Waals surface area contributed by atoms with Crippen molar-refractivity contribution in [2.24, 2.45) is 0 Å². The highest BCUT2D eigenvalue weighted by atomic mass is 16.6. The Labute approximate surface area is 167 Å². The summed E-state index contributed by atoms with van der Waals surface area (Å²) in [6.45, 7) is 1.81. The number of hydrogen-bond acceptors (Lipinski definition) is 6. The lowest BCUT2D eigenvalue weighted by molar-refractivity contribution is -0.384. The second-order valence-electron chi connectivity index (χ2n) is 6.33. The predicted octanol–water partition coefficient (Wildman–Crippen LogP) is 2.40. The second-order valence-corrected chi connectivity index (χ2v) is 6.33. The number of nitro groups is 1. The molecule has 0 heterocycles. The third-order valence-corrected chi connectivity index (χ3v) is 3.94. The average molecular weight is 399 g/mol. The molecule has 2 aromatic rings. The quantitative estimate of drug-likeness (QED) is 0.434. The standard InChI is InChI=1S/C20H21N3O6/c1-4-29-20(26)16-9-15(10-17(11-16)23(27)28)18(24)21-12-13-6-5-7-14(8-13)19(25)22(2)3/h5-11H,4,12H2,1-3H3,(H,21,24). The van der Waals surface area contributed by atoms with Crippen LogP contribution in [0.2, 0.25) is 0 Å². The Kier molecular flexibility index (Phi) is 7.02. The highest BCUT2D eigenvalue weighted by Crippen LogP contribution is 2.18. The lowest BCUT2D eigenvalue weighted by Gasteiger charge is -2.12. The Bertz CT molecular complexity index is 955. The highest BCUT2D eigenvalue weighted by Gasteiger charge is 2.19. The van der Waals surface area contributed by atoms with E-state index in [0.29, 0.717) is 11.1 Å². The lowest BCUT2D eigenvalue weighted by atomic mass is 10.1. The normalized spacial score (nSPS) is 10.2. The summed E-state index contributed by atoms with van der Waals surface area (Å²) < 4.78 is 4.85. The number of ether oxygens (including phenoxy) is 1. The van der Waals surface area contributed by atoms with Gasteiger partial charge in [0.2, 0.25) is 0 Å². The molecule has 29 heavy (non-hydrogen) atoms. The van der Waals surface area contributed by atoms with E-state index in [-0.39, 0.29) is 35.9 Å². The molecule has 152 valence electrons. The van der Waals surface area contributed by atoms with Crippen LogP contribution in [0.15, 0.2) is 42.5 Å². The van der Waals surface area contributed by atoms with Crippen LogP contribution in [0.25, 0.3) is 0 Å². The first-order valence-corrected chi connectivity index (χ1v) is 8.78. The molecule has 0 spiro atoms. The average Bonchev–Trinajstić information content (AvgIpc) is 2.71. The summed E-state index contributed by atoms with van der Waals surface area (Å²) in [4.78, 5) is 48.3. The van der Waals surface area contributed by atoms with Crippen molar-refractivity contribution in [2.75, 3.05) is 20.7 Å². The number of carbonyl (C=O) groups is 3. The summed E-state index contributed by atoms with van der Waals surface area (Å²) in [6, 6.07) is 10.1. The summed E-state index contributed by atoms with van der Waals surface area (Å²) >= 11 is 0. The van der Waals surface area contributed by atoms with E-state index in [1.807, 2.05) is 0 Å². The maximum Gasteiger partial charge on any atom is 0.338 e. The first-order chi connectivity index (χ1) is 13.7. The summed E-state index contributed by atoms with van der Waals surface area (Å²) in [5.74, 6) is -1.51. The molecule has 0 atom stereocenters. The molecule has 0 aromatic heterocycles. The molecule has 0 fully saturated rings. The molecular weight excluding hydrogens is 378 g/mol. The van der Waals surface area contributed by atoms with Gasteiger partial charge in [-0.15, -0.1) is 0 Å². The van der Waals surface area contributed by atoms with Gasteiger partial charge in [0, 0.05) is 43.9 Å². The van der Waals surface area contributed by atoms with Crippen molar-refractivity contribution >= 4 is 23.5 Å². The number of nitrogens with one attached hydrogen (secondary N) is 1. The zero-order valence-electron chi connectivity index (χ0n) is 16.3. The Morgan fingerprint density at radius 2 is 1.76 bits per heavy atom. The van der Waals surface area contributed by atoms with Crippen LogP contribution in [0.5, 0.6) is 0 Å². The lowest BCUT2D eigenvalue weighted by Crippen LogP contribution is -2.24. The van der Waals surface area contributed by atoms with E-state index in [2.05, 4.69) is 5.32 Å². The first-order valence-electron chi connectivity index (χ1n) is 8.78. The van der Waals surface area contributed by atoms with Crippen LogP contribution in [-0.4, -0.2) is 48.3 Å². The SMILES string of the molecule is CCOC(=O)c1cc(C(=O)NCc2cccc(C(=O)N(C)C)c2)cc([N+](=O)[O-])c1. The maximum atomic E-state index is 12.5. The van der Waals surface area contributed by atoms with Crippen molar-refractivity contribution in [3.8, 4) is 0 Å². The van der Waals surface area contributed by atoms with Crippen molar-refractivity contribution in [3.05, 3.63) is 74.8 Å². The fraction of sp³-hybridized carbons (Fsp3) is 0.250. The summed E-state index contributed by atoms with van der Waals surface area (Å²) in [6.07, 6.45) is 0. The van der Waals surface area contributed by atoms with E-state index >= 15 is 0 Å². The molecule has 0 aliphatic carbocycles. The summed E-state index contributed by atoms with van der Waals surface area (Å²) in [5, 5.41) is 13.8. The van der Waals surface area contributed by atoms with E-state index in [1.165, 1.54) is 11.0 Å². The van der Waals surface area contributed by atoms with Gasteiger partial charge in [0.05, 0.1) is 17.1 Å². The molecule has 2 amide bonds. The second kappa shape index (κ2) is 9.45. The molecule has 0 unspecified atom stereocenters. The van der Waals surface area contributed by atoms with Crippen LogP contribution in [0.3, 0.4) is 0 Å². The van der Waals surface area contributed by atoms with Crippen LogP contribution < -0.4 is 5.32 Å². The Hall–Kier alpha value is -3.75. The van der Waals surface area contributed by atoms with Crippen LogP contribution in [-0.2, 0) is 11.3 Å². The predicted molar refractivity (Wildman–Crippen MR) is 105 cm³/mol. The molecule has 0 aliphatic rings. The first kappa shape index (κ1) is 21.5. The molecule has 0 saturated heterocycles. The maximum absolute atomic E-state index is 12.5. The molecule has 2 rings (SSSR count). The number of non-ortho nitro benzene ring substituents is 1. The molecule has 1 N–H and O–H groups in total. The number of nitrogens with zero attached hydrogens (tertiary/aromatic N) is 2. The van der Waals surface area contributed by atoms with Crippen molar-refractivity contribution in [3.63, 3.8) is 0 Å². The Balaban J connectivity index is 2.20. The van der Waals surface area contributed by atoms with Gasteiger partial charge >= 0.3 is 5.97 Å². The number of rotatable bonds is 7. The van der Waals surface area contributed by atoms with Gasteiger partial charge in [0.1, 0.15) is 0 Å². The molecule has 0 saturated carbocycles. The molecule has 0 bridgehead atoms. The van der Waals surface area contributed by atoms with Crippen LogP contribution in [0, 0.1) is 10.1 Å². The summed E-state index contributed by atoms with van der Waals surface area (Å²) in [5.41, 5.74) is 0.649. The van der Waals surface area contributed by atoms with Crippen molar-refractivity contribution in [1.29, 1.82) is 0 Å². The zero-order valence-corrected chi connectivity index (χ0v) is 16.3. The third-order valence-electron chi connectivity index (χ3n) is 3.94. The van der Waals surface area contributed by atoms with Gasteiger partial charge in [-0.3, -0.25) is 19.7 Å². The number of hydrogen-bond donors (Lipinski definition) is 1. The Morgan fingerprint density at radius 3 is 2.38 bits per heavy atom. The number of carbonyl (C=O) groups excluding carboxylic acids is 3. The molecule has 9 heteroatoms. The van der Waals surface area contributed by atoms with E-state index in [9.17, 15) is 24.5 Å². The topological polar surface area (TPSA) is 119 Å². The van der Waals surface area contributed by atoms with Gasteiger partial charge in [0.25, 0.3) is 17.5 Å². The molecule has 9 nitrogen and oxygen atoms in total. The van der Waals surface area contributed by atoms with Crippen molar-refractivity contribution in [1.82, 2.24) is 10.2 Å². The van der Waals surface area contributed by atoms with Gasteiger partial charge in [-0.25, -0.2) is 4.79 Å². The monoisotopic (exact) mass is 399 g/mol. The van der Waals surface area contributed by atoms with Gasteiger partial charge < -0.3 is 15.0 Å². The molecule has 2 aromatic carbocycles. The largest absolute Gasteiger partial charge is 0.462 e. The molecular formula is C20H21N3O6. The van der Waals surface area contributed by atoms with Gasteiger partial charge in [-0.05, 0) is 30.7 Å². The van der Waals surface area contributed by atoms with Crippen LogP contribution in [0.4, 0.5) is 5.69 Å². The van der Waals surface area contributed by atoms with Gasteiger partial charge in [-0.1, -0.05) is 12.1 Å². The van der Waals surface area contributed by atoms with Gasteiger partial charge in [0.15, 0.2) is 0 Å². The fourth-order valence-corrected chi connectivity index (χ4v) is 2.54. The highest BCUT2D eigenvalue weighted by molar-refractivity contribution is 5.99. The minimum Gasteiger partial charge on any atom is -0.462 e. The zero-order chi connectivity index (χ0) is 21.6. The smallest absolute Gasteiger partial charge is 0.338 e. The van der Waals surface area contributed by atoms with E-state index in [4.69, 9.17) is 4.74 Å². The minimum atomic E-state index is -0.750. The van der Waals surface area contributed by atoms with E-state index in [1.54, 1.807) is 45.3 Å². The van der Waals surface area contributed by atoms with E-state index < -0.39 is 16.8 Å². The molecule has 0 aliphatic heterocycles. The number of esters is 1. The van der Waals surface area contributed by atoms with Crippen molar-refractivity contribution < 1.29 is 24.0 Å². The van der Waals surface area contributed by atoms with E-state index in [0.717, 1.165) is 12.1 Å². The van der Waals surface area contributed by atoms with Crippen LogP contribution >= 0.6 is 0 Å². The summed E-state index contributed by atoms with van der Waals surface area (Å²) in [7, 11) is 3.28. The molecule has 0 radical (unpaired) electrons. The van der Waals surface area contributed by atoms with Crippen molar-refractivity contribution in [2.45, 2.75) is 13.5 Å². The number of nitro benzene ring substituents is 1. The number of amides is 2. The van der Waals surface area contributed by atoms with Gasteiger partial charge in [-0.2, -0.15) is 0 Å². The fourth-order valence-electron chi connectivity index (χ4n) is 2.54. The Morgan fingerprint density at radius 1 is 1.07 bits per heavy atom. The van der Waals surface area contributed by atoms with Crippen LogP contribution in [0.1, 0.15) is 43.6 Å².